The van der Waals surface area contributed by atoms with E-state index in [1.165, 1.54) is 128 Å². The van der Waals surface area contributed by atoms with Crippen molar-refractivity contribution in [2.45, 2.75) is 347 Å². The molecule has 18 heteroatoms. The van der Waals surface area contributed by atoms with Gasteiger partial charge in [-0.3, -0.25) is 32.5 Å². The Labute approximate surface area is 602 Å². The van der Waals surface area contributed by atoms with Gasteiger partial charge in [0.1, 0.15) is 25.4 Å². The van der Waals surface area contributed by atoms with Crippen molar-refractivity contribution >= 4 is 33.6 Å². The number of carbonyl (C=O) groups is 3. The maximum absolute atomic E-state index is 12.9. The molecule has 0 aliphatic carbocycles. The Morgan fingerprint density at radius 2 is 0.505 bits per heavy atom. The molecule has 5 atom stereocenters. The standard InChI is InChI=1S/C81H142O16P2/c1-4-7-10-13-16-19-22-25-27-29-31-33-35-37-39-41-43-45-47-50-52-55-58-61-64-67-79(84)91-70-76(82)71-93-98(87,88)94-72-77(83)73-95-99(89,90)96-75-78(97-81(86)69-66-63-60-57-54-49-24-21-18-15-12-9-6-3)74-92-80(85)68-65-62-59-56-53-51-48-46-44-42-40-38-36-34-32-30-28-26-23-20-17-14-11-8-5-2/h16-17,19-21,24-28,31-34,37-40,76-78,82-83H,4-15,18,22-23,29-30,35-36,41-75H2,1-3H3,(H,87,88)(H,89,90)/b19-16-,20-17-,24-21-,27-25-,28-26-,33-31-,34-32-,39-37-,40-38-. The molecule has 0 aromatic rings. The molecule has 572 valence electrons. The van der Waals surface area contributed by atoms with Gasteiger partial charge in [-0.15, -0.1) is 0 Å². The molecule has 0 aliphatic heterocycles. The molecule has 99 heavy (non-hydrogen) atoms. The minimum absolute atomic E-state index is 0.0924. The van der Waals surface area contributed by atoms with Gasteiger partial charge < -0.3 is 34.2 Å². The van der Waals surface area contributed by atoms with Gasteiger partial charge in [-0.1, -0.05) is 284 Å². The fraction of sp³-hybridized carbons (Fsp3) is 0.741. The summed E-state index contributed by atoms with van der Waals surface area (Å²) in [6, 6.07) is 0. The highest BCUT2D eigenvalue weighted by Gasteiger charge is 2.29. The van der Waals surface area contributed by atoms with Crippen LogP contribution >= 0.6 is 15.6 Å². The van der Waals surface area contributed by atoms with Gasteiger partial charge >= 0.3 is 33.6 Å². The molecule has 0 heterocycles. The molecule has 0 aromatic heterocycles. The molecule has 5 unspecified atom stereocenters. The summed E-state index contributed by atoms with van der Waals surface area (Å²) in [5, 5.41) is 20.6. The van der Waals surface area contributed by atoms with Crippen LogP contribution in [0, 0.1) is 0 Å². The third-order valence-corrected chi connectivity index (χ3v) is 18.3. The molecule has 0 amide bonds. The summed E-state index contributed by atoms with van der Waals surface area (Å²) >= 11 is 0. The lowest BCUT2D eigenvalue weighted by molar-refractivity contribution is -0.161. The number of aliphatic hydroxyl groups is 2. The Morgan fingerprint density at radius 3 is 0.828 bits per heavy atom. The lowest BCUT2D eigenvalue weighted by atomic mass is 10.1. The van der Waals surface area contributed by atoms with Crippen molar-refractivity contribution in [2.24, 2.45) is 0 Å². The van der Waals surface area contributed by atoms with Gasteiger partial charge in [0, 0.05) is 19.3 Å². The van der Waals surface area contributed by atoms with Crippen molar-refractivity contribution in [3.8, 4) is 0 Å². The average Bonchev–Trinajstić information content (AvgIpc) is 1.37. The Kier molecular flexibility index (Phi) is 71.1. The van der Waals surface area contributed by atoms with E-state index < -0.39 is 91.5 Å². The molecule has 16 nitrogen and oxygen atoms in total. The minimum atomic E-state index is -4.93. The van der Waals surface area contributed by atoms with Crippen LogP contribution in [0.25, 0.3) is 0 Å². The Bertz CT molecular complexity index is 2240. The Hall–Kier alpha value is -3.79. The molecule has 0 spiro atoms. The van der Waals surface area contributed by atoms with E-state index in [9.17, 15) is 43.5 Å². The number of allylic oxidation sites excluding steroid dienone is 18. The SMILES string of the molecule is CCCCC/C=C\C/C=C\C/C=C\C/C=C\CCCCCCCCCCCC(=O)OCC(O)COP(=O)(O)OCC(O)COP(=O)(O)OCC(COC(=O)CCCCCCCCCCC/C=C\C/C=C\C/C=C\C/C=C\CCCCC)OC(=O)CCCCCCC/C=C\CCCCCC. The number of carbonyl (C=O) groups excluding carboxylic acids is 3. The molecule has 0 saturated heterocycles. The quantitative estimate of drug-likeness (QED) is 0.0146. The first-order valence-corrected chi connectivity index (χ1v) is 42.2. The number of hydrogen-bond donors (Lipinski definition) is 4. The largest absolute Gasteiger partial charge is 0.472 e. The van der Waals surface area contributed by atoms with Gasteiger partial charge in [0.05, 0.1) is 26.4 Å². The summed E-state index contributed by atoms with van der Waals surface area (Å²) in [4.78, 5) is 58.6. The van der Waals surface area contributed by atoms with E-state index in [-0.39, 0.29) is 19.3 Å². The highest BCUT2D eigenvalue weighted by molar-refractivity contribution is 7.47. The number of phosphoric ester groups is 2. The van der Waals surface area contributed by atoms with Gasteiger partial charge in [0.15, 0.2) is 6.10 Å². The monoisotopic (exact) mass is 1430 g/mol. The predicted octanol–water partition coefficient (Wildman–Crippen LogP) is 22.8. The number of phosphoric acid groups is 2. The van der Waals surface area contributed by atoms with Crippen LogP contribution < -0.4 is 0 Å². The van der Waals surface area contributed by atoms with Gasteiger partial charge in [0.2, 0.25) is 0 Å². The van der Waals surface area contributed by atoms with Crippen molar-refractivity contribution in [3.63, 3.8) is 0 Å². The smallest absolute Gasteiger partial charge is 0.463 e. The van der Waals surface area contributed by atoms with Gasteiger partial charge in [0.25, 0.3) is 0 Å². The molecule has 0 saturated carbocycles. The van der Waals surface area contributed by atoms with E-state index in [2.05, 4.69) is 130 Å². The highest BCUT2D eigenvalue weighted by atomic mass is 31.2. The zero-order chi connectivity index (χ0) is 72.3. The number of hydrogen-bond acceptors (Lipinski definition) is 14. The van der Waals surface area contributed by atoms with Crippen LogP contribution in [0.3, 0.4) is 0 Å². The van der Waals surface area contributed by atoms with Crippen LogP contribution in [-0.2, 0) is 55.8 Å². The zero-order valence-electron chi connectivity index (χ0n) is 62.4. The van der Waals surface area contributed by atoms with Crippen molar-refractivity contribution in [3.05, 3.63) is 109 Å². The normalized spacial score (nSPS) is 14.6. The first-order valence-electron chi connectivity index (χ1n) is 39.2. The average molecular weight is 1430 g/mol. The second-order valence-corrected chi connectivity index (χ2v) is 29.1. The Balaban J connectivity index is 4.56. The van der Waals surface area contributed by atoms with Crippen molar-refractivity contribution in [1.29, 1.82) is 0 Å². The van der Waals surface area contributed by atoms with Crippen LogP contribution in [0.2, 0.25) is 0 Å². The van der Waals surface area contributed by atoms with Crippen molar-refractivity contribution in [1.82, 2.24) is 0 Å². The van der Waals surface area contributed by atoms with E-state index in [1.54, 1.807) is 0 Å². The van der Waals surface area contributed by atoms with Crippen LogP contribution in [0.4, 0.5) is 0 Å². The van der Waals surface area contributed by atoms with Crippen LogP contribution in [0.5, 0.6) is 0 Å². The topological polar surface area (TPSA) is 231 Å². The Morgan fingerprint density at radius 1 is 0.283 bits per heavy atom. The predicted molar refractivity (Wildman–Crippen MR) is 408 cm³/mol. The number of unbranched alkanes of at least 4 members (excludes halogenated alkanes) is 33. The van der Waals surface area contributed by atoms with Crippen LogP contribution in [0.1, 0.15) is 329 Å². The molecule has 0 bridgehead atoms. The number of ether oxygens (including phenoxy) is 3. The van der Waals surface area contributed by atoms with Gasteiger partial charge in [-0.25, -0.2) is 9.13 Å². The van der Waals surface area contributed by atoms with Crippen molar-refractivity contribution < 1.29 is 75.8 Å². The van der Waals surface area contributed by atoms with Crippen LogP contribution in [0.15, 0.2) is 109 Å². The summed E-state index contributed by atoms with van der Waals surface area (Å²) in [7, 11) is -9.79. The first-order chi connectivity index (χ1) is 48.2. The molecule has 0 aromatic carbocycles. The maximum atomic E-state index is 12.9. The molecule has 0 aliphatic rings. The lowest BCUT2D eigenvalue weighted by Crippen LogP contribution is -2.30. The second kappa shape index (κ2) is 73.9. The highest BCUT2D eigenvalue weighted by Crippen LogP contribution is 2.45. The van der Waals surface area contributed by atoms with E-state index in [4.69, 9.17) is 32.3 Å². The number of esters is 3. The summed E-state index contributed by atoms with van der Waals surface area (Å²) in [5.74, 6) is -1.59. The van der Waals surface area contributed by atoms with Gasteiger partial charge in [-0.05, 0) is 135 Å². The summed E-state index contributed by atoms with van der Waals surface area (Å²) in [6.07, 6.45) is 85.6. The third kappa shape index (κ3) is 75.2. The number of aliphatic hydroxyl groups excluding tert-OH is 2. The second-order valence-electron chi connectivity index (χ2n) is 26.2. The fourth-order valence-electron chi connectivity index (χ4n) is 10.4. The number of rotatable bonds is 74. The molecular formula is C81H142O16P2. The van der Waals surface area contributed by atoms with E-state index in [1.807, 2.05) is 0 Å². The molecule has 4 N–H and O–H groups in total. The first kappa shape index (κ1) is 95.2. The molecule has 0 radical (unpaired) electrons. The summed E-state index contributed by atoms with van der Waals surface area (Å²) < 4.78 is 61.1. The van der Waals surface area contributed by atoms with Gasteiger partial charge in [-0.2, -0.15) is 0 Å². The molecule has 0 fully saturated rings. The van der Waals surface area contributed by atoms with E-state index in [0.29, 0.717) is 19.3 Å². The summed E-state index contributed by atoms with van der Waals surface area (Å²) in [5.41, 5.74) is 0. The summed E-state index contributed by atoms with van der Waals surface area (Å²) in [6.45, 7) is 2.60. The zero-order valence-corrected chi connectivity index (χ0v) is 64.2. The maximum Gasteiger partial charge on any atom is 0.472 e. The third-order valence-electron chi connectivity index (χ3n) is 16.4. The van der Waals surface area contributed by atoms with E-state index >= 15 is 0 Å². The molecular weight excluding hydrogens is 1290 g/mol. The minimum Gasteiger partial charge on any atom is -0.463 e. The van der Waals surface area contributed by atoms with Crippen LogP contribution in [-0.4, -0.2) is 95.9 Å². The fourth-order valence-corrected chi connectivity index (χ4v) is 12.0. The van der Waals surface area contributed by atoms with Crippen molar-refractivity contribution in [2.75, 3.05) is 39.6 Å². The van der Waals surface area contributed by atoms with E-state index in [0.717, 1.165) is 141 Å². The molecule has 0 rings (SSSR count). The lowest BCUT2D eigenvalue weighted by Gasteiger charge is -2.21.